The lowest BCUT2D eigenvalue weighted by Crippen LogP contribution is -2.02. The van der Waals surface area contributed by atoms with Gasteiger partial charge in [0.15, 0.2) is 0 Å². The van der Waals surface area contributed by atoms with Gasteiger partial charge in [0.2, 0.25) is 5.78 Å². The number of rotatable bonds is 4. The maximum absolute atomic E-state index is 12.4. The lowest BCUT2D eigenvalue weighted by atomic mass is 10.1. The number of ether oxygens (including phenoxy) is 2. The van der Waals surface area contributed by atoms with Crippen LogP contribution in [0.4, 0.5) is 0 Å². The topological polar surface area (TPSA) is 35.5 Å². The first kappa shape index (κ1) is 14.2. The van der Waals surface area contributed by atoms with Crippen LogP contribution in [0.25, 0.3) is 0 Å². The highest BCUT2D eigenvalue weighted by molar-refractivity contribution is 7.12. The summed E-state index contributed by atoms with van der Waals surface area (Å²) < 4.78 is 10.2. The first-order valence-electron chi connectivity index (χ1n) is 5.27. The zero-order valence-corrected chi connectivity index (χ0v) is 12.5. The minimum Gasteiger partial charge on any atom is -0.495 e. The summed E-state index contributed by atoms with van der Waals surface area (Å²) in [6.45, 7) is 0. The molecule has 0 aliphatic carbocycles. The fourth-order valence-electron chi connectivity index (χ4n) is 1.61. The lowest BCUT2D eigenvalue weighted by molar-refractivity contribution is 0.104. The molecule has 2 rings (SSSR count). The van der Waals surface area contributed by atoms with E-state index in [-0.39, 0.29) is 5.78 Å². The van der Waals surface area contributed by atoms with Gasteiger partial charge in [-0.25, -0.2) is 0 Å². The van der Waals surface area contributed by atoms with Crippen molar-refractivity contribution in [3.63, 3.8) is 0 Å². The van der Waals surface area contributed by atoms with Gasteiger partial charge in [-0.2, -0.15) is 0 Å². The van der Waals surface area contributed by atoms with E-state index in [1.54, 1.807) is 11.4 Å². The van der Waals surface area contributed by atoms with Crippen molar-refractivity contribution in [1.29, 1.82) is 0 Å². The van der Waals surface area contributed by atoms with Crippen molar-refractivity contribution in [3.8, 4) is 11.5 Å². The summed E-state index contributed by atoms with van der Waals surface area (Å²) in [5, 5.41) is 2.41. The molecule has 0 unspecified atom stereocenters. The Morgan fingerprint density at radius 2 is 1.79 bits per heavy atom. The Bertz CT molecular complexity index is 622. The normalized spacial score (nSPS) is 10.3. The van der Waals surface area contributed by atoms with E-state index in [0.717, 1.165) is 0 Å². The van der Waals surface area contributed by atoms with Crippen LogP contribution in [0.2, 0.25) is 10.0 Å². The van der Waals surface area contributed by atoms with Gasteiger partial charge in [-0.15, -0.1) is 11.3 Å². The van der Waals surface area contributed by atoms with E-state index in [0.29, 0.717) is 32.0 Å². The van der Waals surface area contributed by atoms with E-state index in [1.807, 2.05) is 0 Å². The average Bonchev–Trinajstić information content (AvgIpc) is 2.88. The second kappa shape index (κ2) is 5.82. The largest absolute Gasteiger partial charge is 0.495 e. The minimum absolute atomic E-state index is 0.221. The number of thiophene rings is 1. The van der Waals surface area contributed by atoms with Crippen LogP contribution in [0.3, 0.4) is 0 Å². The summed E-state index contributed by atoms with van der Waals surface area (Å²) in [5.74, 6) is 0.737. The molecule has 0 amide bonds. The van der Waals surface area contributed by atoms with Crippen LogP contribution in [0.1, 0.15) is 15.2 Å². The fraction of sp³-hybridized carbons (Fsp3) is 0.154. The van der Waals surface area contributed by atoms with Crippen LogP contribution in [0.15, 0.2) is 23.6 Å². The first-order valence-corrected chi connectivity index (χ1v) is 6.91. The van der Waals surface area contributed by atoms with Crippen molar-refractivity contribution in [2.24, 2.45) is 0 Å². The number of benzene rings is 1. The molecule has 0 N–H and O–H groups in total. The molecule has 0 aliphatic heterocycles. The first-order chi connectivity index (χ1) is 9.08. The van der Waals surface area contributed by atoms with Gasteiger partial charge in [0, 0.05) is 11.6 Å². The highest BCUT2D eigenvalue weighted by Crippen LogP contribution is 2.34. The molecule has 2 aromatic rings. The molecular formula is C13H10Cl2O3S. The van der Waals surface area contributed by atoms with Crippen molar-refractivity contribution in [2.75, 3.05) is 14.2 Å². The van der Waals surface area contributed by atoms with Gasteiger partial charge in [-0.1, -0.05) is 23.2 Å². The molecule has 0 atom stereocenters. The maximum Gasteiger partial charge on any atom is 0.208 e. The van der Waals surface area contributed by atoms with Crippen molar-refractivity contribution < 1.29 is 14.3 Å². The van der Waals surface area contributed by atoms with Crippen LogP contribution in [-0.2, 0) is 0 Å². The monoisotopic (exact) mass is 316 g/mol. The smallest absolute Gasteiger partial charge is 0.208 e. The fourth-order valence-corrected chi connectivity index (χ4v) is 2.90. The van der Waals surface area contributed by atoms with Gasteiger partial charge in [0.1, 0.15) is 16.4 Å². The van der Waals surface area contributed by atoms with Gasteiger partial charge in [-0.3, -0.25) is 4.79 Å². The highest BCUT2D eigenvalue weighted by Gasteiger charge is 2.20. The molecule has 0 bridgehead atoms. The number of ketones is 1. The highest BCUT2D eigenvalue weighted by atomic mass is 35.5. The third-order valence-corrected chi connectivity index (χ3v) is 4.04. The number of hydrogen-bond donors (Lipinski definition) is 0. The molecular weight excluding hydrogens is 307 g/mol. The SMILES string of the molecule is COc1cc(Cl)c(C(=O)c2sccc2OC)cc1Cl. The summed E-state index contributed by atoms with van der Waals surface area (Å²) in [7, 11) is 3.00. The van der Waals surface area contributed by atoms with Gasteiger partial charge < -0.3 is 9.47 Å². The predicted octanol–water partition coefficient (Wildman–Crippen LogP) is 4.30. The summed E-state index contributed by atoms with van der Waals surface area (Å²) in [5.41, 5.74) is 0.327. The Kier molecular flexibility index (Phi) is 4.34. The Balaban J connectivity index is 2.48. The number of carbonyl (C=O) groups excluding carboxylic acids is 1. The van der Waals surface area contributed by atoms with Gasteiger partial charge >= 0.3 is 0 Å². The minimum atomic E-state index is -0.221. The molecule has 0 saturated heterocycles. The van der Waals surface area contributed by atoms with Crippen LogP contribution in [0.5, 0.6) is 11.5 Å². The van der Waals surface area contributed by atoms with Crippen LogP contribution >= 0.6 is 34.5 Å². The molecule has 100 valence electrons. The molecule has 0 saturated carbocycles. The quantitative estimate of drug-likeness (QED) is 0.789. The number of carbonyl (C=O) groups is 1. The molecule has 1 aromatic heterocycles. The summed E-state index contributed by atoms with van der Waals surface area (Å²) in [6, 6.07) is 4.76. The zero-order chi connectivity index (χ0) is 14.0. The van der Waals surface area contributed by atoms with Crippen molar-refractivity contribution in [2.45, 2.75) is 0 Å². The summed E-state index contributed by atoms with van der Waals surface area (Å²) in [6.07, 6.45) is 0. The van der Waals surface area contributed by atoms with E-state index < -0.39 is 0 Å². The standard InChI is InChI=1S/C13H10Cl2O3S/c1-17-10-3-4-19-13(10)12(16)7-5-9(15)11(18-2)6-8(7)14/h3-6H,1-2H3. The molecule has 0 spiro atoms. The third-order valence-electron chi connectivity index (χ3n) is 2.54. The Hall–Kier alpha value is -1.23. The van der Waals surface area contributed by atoms with Gasteiger partial charge in [0.05, 0.1) is 24.3 Å². The Morgan fingerprint density at radius 1 is 1.11 bits per heavy atom. The van der Waals surface area contributed by atoms with Crippen LogP contribution < -0.4 is 9.47 Å². The van der Waals surface area contributed by atoms with Crippen LogP contribution in [-0.4, -0.2) is 20.0 Å². The molecule has 0 radical (unpaired) electrons. The molecule has 0 aliphatic rings. The molecule has 6 heteroatoms. The van der Waals surface area contributed by atoms with E-state index in [2.05, 4.69) is 0 Å². The van der Waals surface area contributed by atoms with Gasteiger partial charge in [0.25, 0.3) is 0 Å². The van der Waals surface area contributed by atoms with Crippen molar-refractivity contribution in [3.05, 3.63) is 44.1 Å². The van der Waals surface area contributed by atoms with Gasteiger partial charge in [-0.05, 0) is 17.5 Å². The predicted molar refractivity (Wildman–Crippen MR) is 77.3 cm³/mol. The Morgan fingerprint density at radius 3 is 2.42 bits per heavy atom. The number of halogens is 2. The molecule has 1 heterocycles. The average molecular weight is 317 g/mol. The number of hydrogen-bond acceptors (Lipinski definition) is 4. The van der Waals surface area contributed by atoms with Crippen LogP contribution in [0, 0.1) is 0 Å². The molecule has 1 aromatic carbocycles. The summed E-state index contributed by atoms with van der Waals surface area (Å²) in [4.78, 5) is 12.9. The molecule has 3 nitrogen and oxygen atoms in total. The molecule has 0 fully saturated rings. The van der Waals surface area contributed by atoms with Crippen molar-refractivity contribution >= 4 is 40.3 Å². The van der Waals surface area contributed by atoms with E-state index in [9.17, 15) is 4.79 Å². The number of methoxy groups -OCH3 is 2. The zero-order valence-electron chi connectivity index (χ0n) is 10.2. The maximum atomic E-state index is 12.4. The third kappa shape index (κ3) is 2.71. The summed E-state index contributed by atoms with van der Waals surface area (Å²) >= 11 is 13.4. The van der Waals surface area contributed by atoms with E-state index in [4.69, 9.17) is 32.7 Å². The van der Waals surface area contributed by atoms with E-state index >= 15 is 0 Å². The van der Waals surface area contributed by atoms with Crippen molar-refractivity contribution in [1.82, 2.24) is 0 Å². The Labute approximate surface area is 124 Å². The lowest BCUT2D eigenvalue weighted by Gasteiger charge is -2.08. The van der Waals surface area contributed by atoms with E-state index in [1.165, 1.54) is 37.7 Å². The second-order valence-electron chi connectivity index (χ2n) is 3.61. The molecule has 19 heavy (non-hydrogen) atoms. The second-order valence-corrected chi connectivity index (χ2v) is 5.34.